The molecule has 0 spiro atoms. The molecule has 3 N–H and O–H groups in total. The fourth-order valence-electron chi connectivity index (χ4n) is 2.06. The number of hydrogen-bond acceptors (Lipinski definition) is 4. The molecule has 2 aromatic rings. The maximum Gasteiger partial charge on any atom is 0.124 e. The molecule has 18 heavy (non-hydrogen) atoms. The Bertz CT molecular complexity index is 490. The molecule has 0 aliphatic rings. The van der Waals surface area contributed by atoms with Crippen molar-refractivity contribution in [3.8, 4) is 11.5 Å². The molecule has 96 valence electrons. The maximum atomic E-state index is 9.81. The first kappa shape index (κ1) is 12.9. The van der Waals surface area contributed by atoms with Gasteiger partial charge in [-0.25, -0.2) is 0 Å². The minimum atomic E-state index is -0.122. The standard InChI is InChI=1S/C14H17NO2S/c1-9(13-7-4-8-18-13)15-10(2)14-11(16)5-3-6-12(14)17/h3-10,15-17H,1-2H3/t9-,10?/m0/s1. The van der Waals surface area contributed by atoms with Crippen LogP contribution in [-0.2, 0) is 0 Å². The monoisotopic (exact) mass is 263 g/mol. The van der Waals surface area contributed by atoms with E-state index in [0.717, 1.165) is 0 Å². The van der Waals surface area contributed by atoms with E-state index in [0.29, 0.717) is 5.56 Å². The molecule has 0 aliphatic carbocycles. The van der Waals surface area contributed by atoms with Crippen LogP contribution in [0, 0.1) is 0 Å². The molecule has 0 radical (unpaired) electrons. The quantitative estimate of drug-likeness (QED) is 0.790. The van der Waals surface area contributed by atoms with Gasteiger partial charge in [-0.15, -0.1) is 11.3 Å². The van der Waals surface area contributed by atoms with Gasteiger partial charge in [0.25, 0.3) is 0 Å². The van der Waals surface area contributed by atoms with Gasteiger partial charge in [-0.3, -0.25) is 0 Å². The molecule has 1 aromatic carbocycles. The van der Waals surface area contributed by atoms with Gasteiger partial charge >= 0.3 is 0 Å². The zero-order chi connectivity index (χ0) is 13.1. The van der Waals surface area contributed by atoms with Crippen molar-refractivity contribution in [3.63, 3.8) is 0 Å². The van der Waals surface area contributed by atoms with Crippen molar-refractivity contribution in [2.45, 2.75) is 25.9 Å². The summed E-state index contributed by atoms with van der Waals surface area (Å²) in [7, 11) is 0. The van der Waals surface area contributed by atoms with E-state index in [1.165, 1.54) is 4.88 Å². The number of rotatable bonds is 4. The van der Waals surface area contributed by atoms with Crippen molar-refractivity contribution in [1.29, 1.82) is 0 Å². The molecule has 2 rings (SSSR count). The highest BCUT2D eigenvalue weighted by molar-refractivity contribution is 7.10. The van der Waals surface area contributed by atoms with E-state index in [-0.39, 0.29) is 23.6 Å². The lowest BCUT2D eigenvalue weighted by atomic mass is 10.0. The third kappa shape index (κ3) is 2.66. The van der Waals surface area contributed by atoms with Gasteiger partial charge in [-0.2, -0.15) is 0 Å². The van der Waals surface area contributed by atoms with Crippen molar-refractivity contribution in [3.05, 3.63) is 46.2 Å². The van der Waals surface area contributed by atoms with Crippen molar-refractivity contribution in [1.82, 2.24) is 5.32 Å². The van der Waals surface area contributed by atoms with E-state index < -0.39 is 0 Å². The van der Waals surface area contributed by atoms with E-state index in [4.69, 9.17) is 0 Å². The number of phenols is 2. The fourth-order valence-corrected chi connectivity index (χ4v) is 2.81. The zero-order valence-corrected chi connectivity index (χ0v) is 11.2. The van der Waals surface area contributed by atoms with Gasteiger partial charge in [-0.05, 0) is 37.4 Å². The van der Waals surface area contributed by atoms with Crippen LogP contribution in [0.3, 0.4) is 0 Å². The molecule has 1 heterocycles. The second-order valence-corrected chi connectivity index (χ2v) is 5.31. The molecule has 1 aromatic heterocycles. The van der Waals surface area contributed by atoms with Crippen LogP contribution in [0.2, 0.25) is 0 Å². The Morgan fingerprint density at radius 1 is 1.00 bits per heavy atom. The largest absolute Gasteiger partial charge is 0.507 e. The van der Waals surface area contributed by atoms with Crippen molar-refractivity contribution in [2.75, 3.05) is 0 Å². The smallest absolute Gasteiger partial charge is 0.124 e. The topological polar surface area (TPSA) is 52.5 Å². The highest BCUT2D eigenvalue weighted by atomic mass is 32.1. The van der Waals surface area contributed by atoms with Crippen LogP contribution in [0.1, 0.15) is 36.4 Å². The molecule has 0 aliphatic heterocycles. The maximum absolute atomic E-state index is 9.81. The summed E-state index contributed by atoms with van der Waals surface area (Å²) in [6.07, 6.45) is 0. The van der Waals surface area contributed by atoms with Gasteiger partial charge in [0, 0.05) is 17.0 Å². The van der Waals surface area contributed by atoms with E-state index >= 15 is 0 Å². The Kier molecular flexibility index (Phi) is 3.89. The minimum absolute atomic E-state index is 0.119. The Labute approximate surface area is 111 Å². The van der Waals surface area contributed by atoms with Gasteiger partial charge < -0.3 is 15.5 Å². The number of hydrogen-bond donors (Lipinski definition) is 3. The summed E-state index contributed by atoms with van der Waals surface area (Å²) >= 11 is 1.69. The average molecular weight is 263 g/mol. The predicted molar refractivity (Wildman–Crippen MR) is 74.1 cm³/mol. The number of thiophene rings is 1. The second-order valence-electron chi connectivity index (χ2n) is 4.34. The van der Waals surface area contributed by atoms with Gasteiger partial charge in [0.05, 0.1) is 5.56 Å². The van der Waals surface area contributed by atoms with Crippen molar-refractivity contribution in [2.24, 2.45) is 0 Å². The molecule has 0 saturated heterocycles. The summed E-state index contributed by atoms with van der Waals surface area (Å²) in [5, 5.41) is 25.0. The molecule has 0 fully saturated rings. The van der Waals surface area contributed by atoms with Crippen LogP contribution < -0.4 is 5.32 Å². The minimum Gasteiger partial charge on any atom is -0.507 e. The summed E-state index contributed by atoms with van der Waals surface area (Å²) in [6, 6.07) is 8.94. The molecule has 0 saturated carbocycles. The van der Waals surface area contributed by atoms with Crippen LogP contribution in [0.5, 0.6) is 11.5 Å². The van der Waals surface area contributed by atoms with Crippen LogP contribution >= 0.6 is 11.3 Å². The SMILES string of the molecule is CC(N[C@@H](C)c1cccs1)c1c(O)cccc1O. The molecular formula is C14H17NO2S. The van der Waals surface area contributed by atoms with Gasteiger partial charge in [0.2, 0.25) is 0 Å². The summed E-state index contributed by atoms with van der Waals surface area (Å²) in [5.41, 5.74) is 0.543. The highest BCUT2D eigenvalue weighted by Gasteiger charge is 2.17. The summed E-state index contributed by atoms with van der Waals surface area (Å²) in [6.45, 7) is 4.00. The lowest BCUT2D eigenvalue weighted by Gasteiger charge is -2.21. The summed E-state index contributed by atoms with van der Waals surface area (Å²) in [4.78, 5) is 1.23. The third-order valence-corrected chi connectivity index (χ3v) is 4.02. The zero-order valence-electron chi connectivity index (χ0n) is 10.4. The number of benzene rings is 1. The lowest BCUT2D eigenvalue weighted by Crippen LogP contribution is -2.21. The molecule has 1 unspecified atom stereocenters. The molecule has 0 amide bonds. The van der Waals surface area contributed by atoms with Gasteiger partial charge in [0.1, 0.15) is 11.5 Å². The van der Waals surface area contributed by atoms with E-state index in [1.807, 2.05) is 18.4 Å². The normalized spacial score (nSPS) is 14.3. The Hall–Kier alpha value is -1.52. The first-order valence-corrected chi connectivity index (χ1v) is 6.78. The Morgan fingerprint density at radius 2 is 1.67 bits per heavy atom. The fraction of sp³-hybridized carbons (Fsp3) is 0.286. The highest BCUT2D eigenvalue weighted by Crippen LogP contribution is 2.33. The van der Waals surface area contributed by atoms with Gasteiger partial charge in [0.15, 0.2) is 0 Å². The van der Waals surface area contributed by atoms with Crippen LogP contribution in [0.4, 0.5) is 0 Å². The number of nitrogens with one attached hydrogen (secondary N) is 1. The number of phenolic OH excluding ortho intramolecular Hbond substituents is 2. The van der Waals surface area contributed by atoms with Gasteiger partial charge in [-0.1, -0.05) is 12.1 Å². The third-order valence-electron chi connectivity index (χ3n) is 2.96. The molecule has 4 heteroatoms. The average Bonchev–Trinajstić information content (AvgIpc) is 2.81. The molecular weight excluding hydrogens is 246 g/mol. The molecule has 0 bridgehead atoms. The van der Waals surface area contributed by atoms with Crippen molar-refractivity contribution >= 4 is 11.3 Å². The summed E-state index contributed by atoms with van der Waals surface area (Å²) < 4.78 is 0. The molecule has 2 atom stereocenters. The van der Waals surface area contributed by atoms with E-state index in [1.54, 1.807) is 29.5 Å². The predicted octanol–water partition coefficient (Wildman–Crippen LogP) is 3.57. The van der Waals surface area contributed by atoms with Crippen LogP contribution in [0.15, 0.2) is 35.7 Å². The van der Waals surface area contributed by atoms with E-state index in [2.05, 4.69) is 18.3 Å². The van der Waals surface area contributed by atoms with Crippen LogP contribution in [0.25, 0.3) is 0 Å². The molecule has 3 nitrogen and oxygen atoms in total. The first-order chi connectivity index (χ1) is 8.59. The number of aromatic hydroxyl groups is 2. The Morgan fingerprint density at radius 3 is 2.22 bits per heavy atom. The second kappa shape index (κ2) is 5.42. The first-order valence-electron chi connectivity index (χ1n) is 5.90. The van der Waals surface area contributed by atoms with E-state index in [9.17, 15) is 10.2 Å². The Balaban J connectivity index is 2.15. The summed E-state index contributed by atoms with van der Waals surface area (Å²) in [5.74, 6) is 0.238. The van der Waals surface area contributed by atoms with Crippen LogP contribution in [-0.4, -0.2) is 10.2 Å². The lowest BCUT2D eigenvalue weighted by molar-refractivity contribution is 0.408. The van der Waals surface area contributed by atoms with Crippen molar-refractivity contribution < 1.29 is 10.2 Å².